The Morgan fingerprint density at radius 1 is 1.33 bits per heavy atom. The molecule has 0 spiro atoms. The highest BCUT2D eigenvalue weighted by atomic mass is 32.2. The molecule has 0 fully saturated rings. The largest absolute Gasteiger partial charge is 0.271 e. The third kappa shape index (κ3) is 1.41. The lowest BCUT2D eigenvalue weighted by Gasteiger charge is -2.24. The molecular formula is C11H8N2OS. The van der Waals surface area contributed by atoms with Crippen LogP contribution in [0.2, 0.25) is 0 Å². The van der Waals surface area contributed by atoms with Crippen LogP contribution >= 0.6 is 11.8 Å². The number of rotatable bonds is 0. The van der Waals surface area contributed by atoms with E-state index in [1.165, 1.54) is 4.90 Å². The second kappa shape index (κ2) is 3.31. The Labute approximate surface area is 91.3 Å². The molecule has 3 rings (SSSR count). The molecule has 1 aromatic carbocycles. The Morgan fingerprint density at radius 3 is 3.13 bits per heavy atom. The van der Waals surface area contributed by atoms with Crippen LogP contribution in [0.4, 0.5) is 0 Å². The normalized spacial score (nSPS) is 23.1. The number of carbonyl (C=O) groups excluding carboxylic acids is 1. The summed E-state index contributed by atoms with van der Waals surface area (Å²) in [5.74, 6) is -0.141. The molecule has 0 aromatic heterocycles. The van der Waals surface area contributed by atoms with Crippen molar-refractivity contribution in [2.75, 3.05) is 0 Å². The van der Waals surface area contributed by atoms with Gasteiger partial charge in [0.2, 0.25) is 0 Å². The third-order valence-corrected chi connectivity index (χ3v) is 3.59. The predicted octanol–water partition coefficient (Wildman–Crippen LogP) is 3.10. The van der Waals surface area contributed by atoms with Gasteiger partial charge in [-0.3, -0.25) is 4.79 Å². The number of amides is 1. The Morgan fingerprint density at radius 2 is 2.20 bits per heavy atom. The minimum atomic E-state index is -0.141. The van der Waals surface area contributed by atoms with Crippen molar-refractivity contribution in [2.45, 2.75) is 17.4 Å². The van der Waals surface area contributed by atoms with Crippen molar-refractivity contribution in [3.63, 3.8) is 0 Å². The number of hydrogen-bond donors (Lipinski definition) is 0. The first-order valence-electron chi connectivity index (χ1n) is 4.73. The van der Waals surface area contributed by atoms with Crippen LogP contribution in [0.15, 0.2) is 50.4 Å². The van der Waals surface area contributed by atoms with Gasteiger partial charge in [-0.05, 0) is 22.6 Å². The second-order valence-corrected chi connectivity index (χ2v) is 4.45. The zero-order valence-corrected chi connectivity index (χ0v) is 8.70. The maximum Gasteiger partial charge on any atom is 0.268 e. The van der Waals surface area contributed by atoms with Gasteiger partial charge in [-0.25, -0.2) is 0 Å². The summed E-state index contributed by atoms with van der Waals surface area (Å²) in [6.07, 6.45) is 0.412. The van der Waals surface area contributed by atoms with E-state index in [9.17, 15) is 4.79 Å². The standard InChI is InChI=1S/C11H8N2OS/c14-10-5-7-6-15-9-4-2-1-3-8(9)11(7)13-12-10/h1-4,6,11H,5H2. The first-order chi connectivity index (χ1) is 7.34. The second-order valence-electron chi connectivity index (χ2n) is 3.54. The van der Waals surface area contributed by atoms with Crippen LogP contribution in [0, 0.1) is 0 Å². The highest BCUT2D eigenvalue weighted by Gasteiger charge is 2.27. The number of azo groups is 1. The third-order valence-electron chi connectivity index (χ3n) is 2.54. The van der Waals surface area contributed by atoms with E-state index in [0.29, 0.717) is 6.42 Å². The van der Waals surface area contributed by atoms with Crippen LogP contribution in [0.1, 0.15) is 18.0 Å². The van der Waals surface area contributed by atoms with Crippen molar-refractivity contribution in [3.05, 3.63) is 40.8 Å². The number of benzene rings is 1. The van der Waals surface area contributed by atoms with Gasteiger partial charge in [-0.1, -0.05) is 30.0 Å². The van der Waals surface area contributed by atoms with Crippen molar-refractivity contribution >= 4 is 17.7 Å². The summed E-state index contributed by atoms with van der Waals surface area (Å²) in [4.78, 5) is 12.3. The van der Waals surface area contributed by atoms with Gasteiger partial charge in [0.1, 0.15) is 6.04 Å². The molecule has 2 aliphatic rings. The molecule has 0 saturated carbocycles. The average molecular weight is 216 g/mol. The number of fused-ring (bicyclic) bond motifs is 3. The van der Waals surface area contributed by atoms with Crippen molar-refractivity contribution in [1.29, 1.82) is 0 Å². The summed E-state index contributed by atoms with van der Waals surface area (Å²) in [6.45, 7) is 0. The van der Waals surface area contributed by atoms with Crippen LogP contribution in [0.5, 0.6) is 0 Å². The van der Waals surface area contributed by atoms with Crippen molar-refractivity contribution < 1.29 is 4.79 Å². The first kappa shape index (κ1) is 8.85. The van der Waals surface area contributed by atoms with E-state index in [-0.39, 0.29) is 11.9 Å². The fourth-order valence-electron chi connectivity index (χ4n) is 1.82. The van der Waals surface area contributed by atoms with Crippen molar-refractivity contribution in [3.8, 4) is 0 Å². The monoisotopic (exact) mass is 216 g/mol. The predicted molar refractivity (Wildman–Crippen MR) is 57.6 cm³/mol. The Balaban J connectivity index is 2.12. The van der Waals surface area contributed by atoms with E-state index in [4.69, 9.17) is 0 Å². The highest BCUT2D eigenvalue weighted by Crippen LogP contribution is 2.43. The average Bonchev–Trinajstić information content (AvgIpc) is 2.28. The van der Waals surface area contributed by atoms with Gasteiger partial charge in [0.25, 0.3) is 5.91 Å². The Hall–Kier alpha value is -1.42. The first-order valence-corrected chi connectivity index (χ1v) is 5.61. The minimum Gasteiger partial charge on any atom is -0.271 e. The Kier molecular flexibility index (Phi) is 1.95. The zero-order chi connectivity index (χ0) is 10.3. The zero-order valence-electron chi connectivity index (χ0n) is 7.88. The molecule has 4 heteroatoms. The molecule has 1 aromatic rings. The lowest BCUT2D eigenvalue weighted by molar-refractivity contribution is -0.118. The minimum absolute atomic E-state index is 0.0276. The molecule has 1 atom stereocenters. The van der Waals surface area contributed by atoms with Gasteiger partial charge in [-0.2, -0.15) is 5.11 Å². The smallest absolute Gasteiger partial charge is 0.268 e. The van der Waals surface area contributed by atoms with Crippen LogP contribution in [0.3, 0.4) is 0 Å². The molecule has 0 radical (unpaired) electrons. The number of hydrogen-bond acceptors (Lipinski definition) is 3. The SMILES string of the molecule is O=C1CC2=CSc3ccccc3C2N=N1. The molecule has 0 N–H and O–H groups in total. The summed E-state index contributed by atoms with van der Waals surface area (Å²) < 4.78 is 0. The van der Waals surface area contributed by atoms with Gasteiger partial charge < -0.3 is 0 Å². The molecule has 2 heterocycles. The fraction of sp³-hybridized carbons (Fsp3) is 0.182. The fourth-order valence-corrected chi connectivity index (χ4v) is 2.79. The lowest BCUT2D eigenvalue weighted by atomic mass is 9.97. The summed E-state index contributed by atoms with van der Waals surface area (Å²) in [7, 11) is 0. The summed E-state index contributed by atoms with van der Waals surface area (Å²) in [5, 5.41) is 9.75. The van der Waals surface area contributed by atoms with Crippen molar-refractivity contribution in [1.82, 2.24) is 0 Å². The quantitative estimate of drug-likeness (QED) is 0.668. The van der Waals surface area contributed by atoms with E-state index >= 15 is 0 Å². The summed E-state index contributed by atoms with van der Waals surface area (Å²) in [5.41, 5.74) is 2.23. The Bertz CT molecular complexity index is 493. The number of carbonyl (C=O) groups is 1. The maximum absolute atomic E-state index is 11.1. The number of thioether (sulfide) groups is 1. The van der Waals surface area contributed by atoms with Crippen LogP contribution < -0.4 is 0 Å². The van der Waals surface area contributed by atoms with E-state index in [2.05, 4.69) is 22.4 Å². The molecule has 0 saturated heterocycles. The van der Waals surface area contributed by atoms with E-state index in [1.807, 2.05) is 17.5 Å². The molecule has 0 aliphatic carbocycles. The summed E-state index contributed by atoms with van der Waals surface area (Å²) >= 11 is 1.66. The van der Waals surface area contributed by atoms with E-state index in [1.54, 1.807) is 11.8 Å². The van der Waals surface area contributed by atoms with Gasteiger partial charge in [-0.15, -0.1) is 5.11 Å². The summed E-state index contributed by atoms with van der Waals surface area (Å²) in [6, 6.07) is 8.10. The van der Waals surface area contributed by atoms with Crippen LogP contribution in [-0.2, 0) is 4.79 Å². The molecule has 1 amide bonds. The molecular weight excluding hydrogens is 208 g/mol. The molecule has 74 valence electrons. The van der Waals surface area contributed by atoms with E-state index in [0.717, 1.165) is 11.1 Å². The molecule has 2 aliphatic heterocycles. The van der Waals surface area contributed by atoms with E-state index < -0.39 is 0 Å². The highest BCUT2D eigenvalue weighted by molar-refractivity contribution is 8.02. The number of nitrogens with zero attached hydrogens (tertiary/aromatic N) is 2. The van der Waals surface area contributed by atoms with Crippen LogP contribution in [0.25, 0.3) is 0 Å². The topological polar surface area (TPSA) is 41.8 Å². The maximum atomic E-state index is 11.1. The molecule has 1 unspecified atom stereocenters. The lowest BCUT2D eigenvalue weighted by Crippen LogP contribution is -2.12. The molecule has 3 nitrogen and oxygen atoms in total. The van der Waals surface area contributed by atoms with Gasteiger partial charge >= 0.3 is 0 Å². The van der Waals surface area contributed by atoms with Crippen LogP contribution in [-0.4, -0.2) is 5.91 Å². The van der Waals surface area contributed by atoms with Gasteiger partial charge in [0.15, 0.2) is 0 Å². The van der Waals surface area contributed by atoms with Crippen molar-refractivity contribution in [2.24, 2.45) is 10.2 Å². The molecule has 0 bridgehead atoms. The molecule has 15 heavy (non-hydrogen) atoms. The van der Waals surface area contributed by atoms with Gasteiger partial charge in [0, 0.05) is 4.90 Å². The van der Waals surface area contributed by atoms with Gasteiger partial charge in [0.05, 0.1) is 6.42 Å².